The topological polar surface area (TPSA) is 79.5 Å². The van der Waals surface area contributed by atoms with Crippen LogP contribution in [0.4, 0.5) is 5.13 Å². The second kappa shape index (κ2) is 7.00. The number of amides is 1. The molecule has 0 radical (unpaired) electrons. The van der Waals surface area contributed by atoms with Crippen LogP contribution < -0.4 is 5.73 Å². The molecule has 0 aliphatic carbocycles. The molecule has 1 aliphatic rings. The fourth-order valence-corrected chi connectivity index (χ4v) is 3.67. The Morgan fingerprint density at radius 3 is 2.83 bits per heavy atom. The fourth-order valence-electron chi connectivity index (χ4n) is 3.07. The van der Waals surface area contributed by atoms with Gasteiger partial charge in [0.15, 0.2) is 5.13 Å². The van der Waals surface area contributed by atoms with Gasteiger partial charge in [-0.1, -0.05) is 12.1 Å². The lowest BCUT2D eigenvalue weighted by molar-refractivity contribution is -0.132. The first kappa shape index (κ1) is 15.8. The summed E-state index contributed by atoms with van der Waals surface area (Å²) in [6.07, 6.45) is 3.02. The van der Waals surface area contributed by atoms with Crippen molar-refractivity contribution >= 4 is 22.4 Å². The van der Waals surface area contributed by atoms with Crippen LogP contribution in [-0.2, 0) is 11.2 Å². The summed E-state index contributed by atoms with van der Waals surface area (Å²) < 4.78 is 0. The van der Waals surface area contributed by atoms with Gasteiger partial charge < -0.3 is 15.7 Å². The molecule has 6 heteroatoms. The van der Waals surface area contributed by atoms with Crippen LogP contribution in [0.15, 0.2) is 29.6 Å². The molecular formula is C17H21N3O2S. The summed E-state index contributed by atoms with van der Waals surface area (Å²) in [6, 6.07) is 7.44. The van der Waals surface area contributed by atoms with Crippen LogP contribution in [0.25, 0.3) is 0 Å². The van der Waals surface area contributed by atoms with Crippen molar-refractivity contribution in [2.24, 2.45) is 0 Å². The van der Waals surface area contributed by atoms with Gasteiger partial charge in [0.2, 0.25) is 5.91 Å². The van der Waals surface area contributed by atoms with Gasteiger partial charge in [-0.2, -0.15) is 0 Å². The predicted molar refractivity (Wildman–Crippen MR) is 91.5 cm³/mol. The molecule has 2 heterocycles. The maximum absolute atomic E-state index is 12.3. The molecule has 0 bridgehead atoms. The van der Waals surface area contributed by atoms with E-state index in [2.05, 4.69) is 11.1 Å². The standard InChI is InChI=1S/C17H21N3O2S/c18-17-19-14(11-23-17)4-5-16(22)20-8-6-12(7-9-20)13-2-1-3-15(21)10-13/h1-3,10-12,21H,4-9H2,(H2,18,19). The normalized spacial score (nSPS) is 15.7. The molecule has 1 aromatic heterocycles. The van der Waals surface area contributed by atoms with Gasteiger partial charge in [-0.25, -0.2) is 4.98 Å². The summed E-state index contributed by atoms with van der Waals surface area (Å²) in [5.41, 5.74) is 7.66. The number of hydrogen-bond donors (Lipinski definition) is 2. The molecule has 0 spiro atoms. The largest absolute Gasteiger partial charge is 0.508 e. The van der Waals surface area contributed by atoms with E-state index >= 15 is 0 Å². The first-order chi connectivity index (χ1) is 11.1. The van der Waals surface area contributed by atoms with Gasteiger partial charge in [-0.3, -0.25) is 4.79 Å². The number of phenols is 1. The van der Waals surface area contributed by atoms with E-state index in [0.717, 1.165) is 37.2 Å². The van der Waals surface area contributed by atoms with Crippen LogP contribution in [0.3, 0.4) is 0 Å². The number of rotatable bonds is 4. The monoisotopic (exact) mass is 331 g/mol. The molecule has 1 aromatic carbocycles. The minimum atomic E-state index is 0.186. The minimum Gasteiger partial charge on any atom is -0.508 e. The van der Waals surface area contributed by atoms with Gasteiger partial charge in [0.1, 0.15) is 5.75 Å². The van der Waals surface area contributed by atoms with Crippen LogP contribution in [0, 0.1) is 0 Å². The number of benzene rings is 1. The fraction of sp³-hybridized carbons (Fsp3) is 0.412. The Morgan fingerprint density at radius 2 is 2.17 bits per heavy atom. The number of carbonyl (C=O) groups is 1. The molecule has 2 aromatic rings. The summed E-state index contributed by atoms with van der Waals surface area (Å²) in [6.45, 7) is 1.55. The number of hydrogen-bond acceptors (Lipinski definition) is 5. The number of carbonyl (C=O) groups excluding carboxylic acids is 1. The lowest BCUT2D eigenvalue weighted by Crippen LogP contribution is -2.38. The van der Waals surface area contributed by atoms with Crippen LogP contribution in [-0.4, -0.2) is 34.0 Å². The van der Waals surface area contributed by atoms with Crippen molar-refractivity contribution in [3.63, 3.8) is 0 Å². The lowest BCUT2D eigenvalue weighted by atomic mass is 9.89. The third-order valence-electron chi connectivity index (χ3n) is 4.35. The second-order valence-corrected chi connectivity index (χ2v) is 6.82. The van der Waals surface area contributed by atoms with Gasteiger partial charge in [0, 0.05) is 24.9 Å². The highest BCUT2D eigenvalue weighted by Gasteiger charge is 2.23. The van der Waals surface area contributed by atoms with Crippen molar-refractivity contribution < 1.29 is 9.90 Å². The third kappa shape index (κ3) is 4.01. The highest BCUT2D eigenvalue weighted by atomic mass is 32.1. The van der Waals surface area contributed by atoms with E-state index in [1.807, 2.05) is 22.4 Å². The number of piperidine rings is 1. The van der Waals surface area contributed by atoms with Crippen LogP contribution in [0.5, 0.6) is 5.75 Å². The van der Waals surface area contributed by atoms with E-state index in [1.54, 1.807) is 6.07 Å². The SMILES string of the molecule is Nc1nc(CCC(=O)N2CCC(c3cccc(O)c3)CC2)cs1. The van der Waals surface area contributed by atoms with E-state index in [4.69, 9.17) is 5.73 Å². The van der Waals surface area contributed by atoms with Crippen LogP contribution in [0.1, 0.15) is 36.4 Å². The lowest BCUT2D eigenvalue weighted by Gasteiger charge is -2.32. The Morgan fingerprint density at radius 1 is 1.39 bits per heavy atom. The van der Waals surface area contributed by atoms with Crippen molar-refractivity contribution in [2.75, 3.05) is 18.8 Å². The van der Waals surface area contributed by atoms with Crippen molar-refractivity contribution in [1.29, 1.82) is 0 Å². The Kier molecular flexibility index (Phi) is 4.81. The van der Waals surface area contributed by atoms with E-state index in [0.29, 0.717) is 29.6 Å². The van der Waals surface area contributed by atoms with Gasteiger partial charge >= 0.3 is 0 Å². The van der Waals surface area contributed by atoms with Crippen molar-refractivity contribution in [3.05, 3.63) is 40.9 Å². The molecule has 0 saturated carbocycles. The molecule has 122 valence electrons. The predicted octanol–water partition coefficient (Wildman–Crippen LogP) is 2.77. The molecule has 5 nitrogen and oxygen atoms in total. The summed E-state index contributed by atoms with van der Waals surface area (Å²) in [7, 11) is 0. The Bertz CT molecular complexity index is 678. The summed E-state index contributed by atoms with van der Waals surface area (Å²) >= 11 is 1.41. The second-order valence-electron chi connectivity index (χ2n) is 5.93. The molecule has 3 N–H and O–H groups in total. The maximum Gasteiger partial charge on any atom is 0.222 e. The number of thiazole rings is 1. The number of nitrogens with zero attached hydrogens (tertiary/aromatic N) is 2. The third-order valence-corrected chi connectivity index (χ3v) is 5.08. The Labute approximate surface area is 139 Å². The molecule has 0 atom stereocenters. The summed E-state index contributed by atoms with van der Waals surface area (Å²) in [5, 5.41) is 12.1. The average Bonchev–Trinajstić information content (AvgIpc) is 2.98. The number of anilines is 1. The molecule has 1 fully saturated rings. The summed E-state index contributed by atoms with van der Waals surface area (Å²) in [5.74, 6) is 0.916. The van der Waals surface area contributed by atoms with E-state index in [9.17, 15) is 9.90 Å². The molecule has 1 amide bonds. The van der Waals surface area contributed by atoms with Gasteiger partial charge in [-0.15, -0.1) is 11.3 Å². The molecule has 1 aliphatic heterocycles. The Hall–Kier alpha value is -2.08. The average molecular weight is 331 g/mol. The van der Waals surface area contributed by atoms with E-state index in [1.165, 1.54) is 11.3 Å². The minimum absolute atomic E-state index is 0.186. The zero-order valence-electron chi connectivity index (χ0n) is 12.9. The molecular weight excluding hydrogens is 310 g/mol. The highest BCUT2D eigenvalue weighted by molar-refractivity contribution is 7.13. The van der Waals surface area contributed by atoms with Crippen molar-refractivity contribution in [3.8, 4) is 5.75 Å². The molecule has 23 heavy (non-hydrogen) atoms. The Balaban J connectivity index is 1.49. The first-order valence-corrected chi connectivity index (χ1v) is 8.76. The van der Waals surface area contributed by atoms with Crippen LogP contribution in [0.2, 0.25) is 0 Å². The van der Waals surface area contributed by atoms with Gasteiger partial charge in [0.25, 0.3) is 0 Å². The van der Waals surface area contributed by atoms with Crippen molar-refractivity contribution in [2.45, 2.75) is 31.6 Å². The smallest absolute Gasteiger partial charge is 0.222 e. The number of nitrogens with two attached hydrogens (primary N) is 1. The van der Waals surface area contributed by atoms with Gasteiger partial charge in [0.05, 0.1) is 5.69 Å². The zero-order valence-corrected chi connectivity index (χ0v) is 13.8. The van der Waals surface area contributed by atoms with Crippen LogP contribution >= 0.6 is 11.3 Å². The number of aryl methyl sites for hydroxylation is 1. The number of nitrogen functional groups attached to an aromatic ring is 1. The van der Waals surface area contributed by atoms with E-state index in [-0.39, 0.29) is 5.91 Å². The van der Waals surface area contributed by atoms with Gasteiger partial charge in [-0.05, 0) is 42.9 Å². The first-order valence-electron chi connectivity index (χ1n) is 7.88. The number of likely N-dealkylation sites (tertiary alicyclic amines) is 1. The van der Waals surface area contributed by atoms with Crippen molar-refractivity contribution in [1.82, 2.24) is 9.88 Å². The summed E-state index contributed by atoms with van der Waals surface area (Å²) in [4.78, 5) is 18.4. The van der Waals surface area contributed by atoms with E-state index < -0.39 is 0 Å². The quantitative estimate of drug-likeness (QED) is 0.903. The number of phenolic OH excluding ortho intramolecular Hbond substituents is 1. The molecule has 0 unspecified atom stereocenters. The number of aromatic nitrogens is 1. The molecule has 3 rings (SSSR count). The highest BCUT2D eigenvalue weighted by Crippen LogP contribution is 2.30. The molecule has 1 saturated heterocycles. The number of aromatic hydroxyl groups is 1. The maximum atomic E-state index is 12.3. The zero-order chi connectivity index (χ0) is 16.2.